The van der Waals surface area contributed by atoms with Gasteiger partial charge in [-0.3, -0.25) is 0 Å². The molecule has 1 unspecified atom stereocenters. The van der Waals surface area contributed by atoms with Gasteiger partial charge in [0, 0.05) is 19.6 Å². The van der Waals surface area contributed by atoms with Crippen molar-refractivity contribution in [3.8, 4) is 0 Å². The molecule has 2 fully saturated rings. The van der Waals surface area contributed by atoms with Crippen LogP contribution in [0.5, 0.6) is 0 Å². The Hall–Kier alpha value is -1.30. The SMILES string of the molecule is O=C(NCC1CCC1)NC1(C(=O)O)CCOC1. The Kier molecular flexibility index (Phi) is 3.51. The maximum absolute atomic E-state index is 11.6. The second kappa shape index (κ2) is 4.91. The van der Waals surface area contributed by atoms with Gasteiger partial charge in [0.2, 0.25) is 0 Å². The highest BCUT2D eigenvalue weighted by molar-refractivity contribution is 5.86. The number of carboxylic acid groups (broad SMARTS) is 1. The average Bonchev–Trinajstić information content (AvgIpc) is 2.65. The highest BCUT2D eigenvalue weighted by atomic mass is 16.5. The molecule has 6 nitrogen and oxygen atoms in total. The first kappa shape index (κ1) is 12.2. The number of nitrogens with one attached hydrogen (secondary N) is 2. The highest BCUT2D eigenvalue weighted by Crippen LogP contribution is 2.25. The normalized spacial score (nSPS) is 28.5. The van der Waals surface area contributed by atoms with Crippen molar-refractivity contribution in [2.24, 2.45) is 5.92 Å². The summed E-state index contributed by atoms with van der Waals surface area (Å²) in [5, 5.41) is 14.4. The van der Waals surface area contributed by atoms with Crippen LogP contribution in [0.25, 0.3) is 0 Å². The van der Waals surface area contributed by atoms with Gasteiger partial charge < -0.3 is 20.5 Å². The van der Waals surface area contributed by atoms with Crippen LogP contribution in [0.4, 0.5) is 4.79 Å². The molecule has 0 bridgehead atoms. The summed E-state index contributed by atoms with van der Waals surface area (Å²) >= 11 is 0. The maximum atomic E-state index is 11.6. The number of amides is 2. The third-order valence-corrected chi connectivity index (χ3v) is 3.56. The minimum absolute atomic E-state index is 0.0409. The smallest absolute Gasteiger partial charge is 0.332 e. The number of hydrogen-bond donors (Lipinski definition) is 3. The maximum Gasteiger partial charge on any atom is 0.332 e. The molecule has 1 aliphatic carbocycles. The Labute approximate surface area is 99.7 Å². The molecule has 6 heteroatoms. The Morgan fingerprint density at radius 1 is 1.41 bits per heavy atom. The van der Waals surface area contributed by atoms with Crippen molar-refractivity contribution in [1.82, 2.24) is 10.6 Å². The predicted molar refractivity (Wildman–Crippen MR) is 59.7 cm³/mol. The van der Waals surface area contributed by atoms with E-state index in [1.807, 2.05) is 0 Å². The Morgan fingerprint density at radius 2 is 2.18 bits per heavy atom. The summed E-state index contributed by atoms with van der Waals surface area (Å²) in [4.78, 5) is 22.8. The summed E-state index contributed by atoms with van der Waals surface area (Å²) in [7, 11) is 0. The van der Waals surface area contributed by atoms with Crippen LogP contribution in [0, 0.1) is 5.92 Å². The van der Waals surface area contributed by atoms with Crippen molar-refractivity contribution in [1.29, 1.82) is 0 Å². The Bertz CT molecular complexity index is 309. The molecule has 0 radical (unpaired) electrons. The van der Waals surface area contributed by atoms with Crippen LogP contribution in [-0.4, -0.2) is 42.4 Å². The minimum atomic E-state index is -1.25. The number of hydrogen-bond acceptors (Lipinski definition) is 3. The molecule has 17 heavy (non-hydrogen) atoms. The first-order valence-corrected chi connectivity index (χ1v) is 5.99. The van der Waals surface area contributed by atoms with E-state index in [0.29, 0.717) is 25.5 Å². The first-order chi connectivity index (χ1) is 8.12. The van der Waals surface area contributed by atoms with Gasteiger partial charge in [-0.15, -0.1) is 0 Å². The van der Waals surface area contributed by atoms with Gasteiger partial charge in [0.15, 0.2) is 5.54 Å². The van der Waals surface area contributed by atoms with Crippen molar-refractivity contribution >= 4 is 12.0 Å². The number of aliphatic carboxylic acids is 1. The Morgan fingerprint density at radius 3 is 2.65 bits per heavy atom. The number of rotatable bonds is 4. The highest BCUT2D eigenvalue weighted by Gasteiger charge is 2.44. The molecule has 2 aliphatic rings. The van der Waals surface area contributed by atoms with Crippen LogP contribution in [0.3, 0.4) is 0 Å². The van der Waals surface area contributed by atoms with Crippen LogP contribution in [-0.2, 0) is 9.53 Å². The molecule has 1 saturated carbocycles. The number of ether oxygens (including phenoxy) is 1. The van der Waals surface area contributed by atoms with Crippen molar-refractivity contribution in [2.75, 3.05) is 19.8 Å². The molecule has 1 heterocycles. The molecule has 0 aromatic carbocycles. The summed E-state index contributed by atoms with van der Waals surface area (Å²) < 4.78 is 5.06. The Balaban J connectivity index is 1.80. The molecule has 1 aliphatic heterocycles. The minimum Gasteiger partial charge on any atom is -0.479 e. The number of carbonyl (C=O) groups is 2. The molecular formula is C11H18N2O4. The molecular weight excluding hydrogens is 224 g/mol. The molecule has 96 valence electrons. The van der Waals surface area contributed by atoms with E-state index in [0.717, 1.165) is 12.8 Å². The second-order valence-corrected chi connectivity index (χ2v) is 4.82. The third-order valence-electron chi connectivity index (χ3n) is 3.56. The van der Waals surface area contributed by atoms with Gasteiger partial charge in [-0.25, -0.2) is 9.59 Å². The van der Waals surface area contributed by atoms with Crippen LogP contribution >= 0.6 is 0 Å². The summed E-state index contributed by atoms with van der Waals surface area (Å²) in [6.07, 6.45) is 3.83. The molecule has 2 rings (SSSR count). The van der Waals surface area contributed by atoms with Gasteiger partial charge in [-0.05, 0) is 18.8 Å². The molecule has 0 aromatic heterocycles. The fourth-order valence-corrected chi connectivity index (χ4v) is 2.08. The van der Waals surface area contributed by atoms with Crippen molar-refractivity contribution in [3.05, 3.63) is 0 Å². The summed E-state index contributed by atoms with van der Waals surface area (Å²) in [5.74, 6) is -0.477. The quantitative estimate of drug-likeness (QED) is 0.663. The van der Waals surface area contributed by atoms with E-state index in [4.69, 9.17) is 9.84 Å². The lowest BCUT2D eigenvalue weighted by molar-refractivity contribution is -0.144. The van der Waals surface area contributed by atoms with E-state index in [9.17, 15) is 9.59 Å². The standard InChI is InChI=1S/C11H18N2O4/c14-9(15)11(4-5-17-7-11)13-10(16)12-6-8-2-1-3-8/h8H,1-7H2,(H,14,15)(H2,12,13,16). The fourth-order valence-electron chi connectivity index (χ4n) is 2.08. The van der Waals surface area contributed by atoms with E-state index in [-0.39, 0.29) is 6.61 Å². The molecule has 1 saturated heterocycles. The van der Waals surface area contributed by atoms with Gasteiger partial charge in [0.25, 0.3) is 0 Å². The van der Waals surface area contributed by atoms with Crippen LogP contribution in [0.2, 0.25) is 0 Å². The number of carbonyl (C=O) groups excluding carboxylic acids is 1. The van der Waals surface area contributed by atoms with Crippen molar-refractivity contribution in [2.45, 2.75) is 31.2 Å². The average molecular weight is 242 g/mol. The largest absolute Gasteiger partial charge is 0.479 e. The lowest BCUT2D eigenvalue weighted by Gasteiger charge is -2.27. The van der Waals surface area contributed by atoms with Crippen molar-refractivity contribution in [3.63, 3.8) is 0 Å². The predicted octanol–water partition coefficient (Wildman–Crippen LogP) is 0.329. The van der Waals surface area contributed by atoms with Crippen LogP contribution < -0.4 is 10.6 Å². The summed E-state index contributed by atoms with van der Waals surface area (Å²) in [6.45, 7) is 1.04. The van der Waals surface area contributed by atoms with Gasteiger partial charge in [-0.1, -0.05) is 6.42 Å². The fraction of sp³-hybridized carbons (Fsp3) is 0.818. The zero-order valence-electron chi connectivity index (χ0n) is 9.70. The van der Waals surface area contributed by atoms with Crippen LogP contribution in [0.1, 0.15) is 25.7 Å². The zero-order chi connectivity index (χ0) is 12.3. The number of urea groups is 1. The summed E-state index contributed by atoms with van der Waals surface area (Å²) in [6, 6.07) is -0.412. The lowest BCUT2D eigenvalue weighted by Crippen LogP contribution is -2.58. The number of carboxylic acids is 1. The molecule has 0 spiro atoms. The van der Waals surface area contributed by atoms with Crippen LogP contribution in [0.15, 0.2) is 0 Å². The van der Waals surface area contributed by atoms with E-state index < -0.39 is 17.5 Å². The van der Waals surface area contributed by atoms with E-state index >= 15 is 0 Å². The van der Waals surface area contributed by atoms with Gasteiger partial charge in [0.1, 0.15) is 0 Å². The van der Waals surface area contributed by atoms with Gasteiger partial charge in [0.05, 0.1) is 6.61 Å². The van der Waals surface area contributed by atoms with Gasteiger partial charge in [-0.2, -0.15) is 0 Å². The zero-order valence-corrected chi connectivity index (χ0v) is 9.70. The summed E-state index contributed by atoms with van der Waals surface area (Å²) in [5.41, 5.74) is -1.25. The van der Waals surface area contributed by atoms with E-state index in [2.05, 4.69) is 10.6 Å². The van der Waals surface area contributed by atoms with Crippen molar-refractivity contribution < 1.29 is 19.4 Å². The first-order valence-electron chi connectivity index (χ1n) is 5.99. The van der Waals surface area contributed by atoms with E-state index in [1.54, 1.807) is 0 Å². The van der Waals surface area contributed by atoms with E-state index in [1.165, 1.54) is 6.42 Å². The molecule has 0 aromatic rings. The molecule has 2 amide bonds. The monoisotopic (exact) mass is 242 g/mol. The third kappa shape index (κ3) is 2.69. The molecule has 1 atom stereocenters. The second-order valence-electron chi connectivity index (χ2n) is 4.82. The van der Waals surface area contributed by atoms with Gasteiger partial charge >= 0.3 is 12.0 Å². The lowest BCUT2D eigenvalue weighted by atomic mass is 9.85. The topological polar surface area (TPSA) is 87.7 Å². The molecule has 3 N–H and O–H groups in total.